The summed E-state index contributed by atoms with van der Waals surface area (Å²) in [5, 5.41) is 28.4. The van der Waals surface area contributed by atoms with Crippen LogP contribution in [0.25, 0.3) is 6.08 Å². The van der Waals surface area contributed by atoms with Gasteiger partial charge in [-0.15, -0.1) is 0 Å². The van der Waals surface area contributed by atoms with Crippen LogP contribution in [0.1, 0.15) is 99.2 Å². The van der Waals surface area contributed by atoms with Crippen LogP contribution in [-0.4, -0.2) is 46.0 Å². The van der Waals surface area contributed by atoms with Gasteiger partial charge >= 0.3 is 11.9 Å². The lowest BCUT2D eigenvalue weighted by molar-refractivity contribution is -0.136. The Bertz CT molecular complexity index is 1070. The van der Waals surface area contributed by atoms with Crippen molar-refractivity contribution in [2.75, 3.05) is 13.7 Å². The molecule has 0 saturated carbocycles. The lowest BCUT2D eigenvalue weighted by atomic mass is 10.1. The number of carbonyl (C=O) groups is 2. The second kappa shape index (κ2) is 17.7. The molecular formula is C30H41NO7S. The second-order valence-corrected chi connectivity index (χ2v) is 10.5. The number of unbranched alkanes of at least 4 members (excludes halogenated alkanes) is 9. The van der Waals surface area contributed by atoms with E-state index in [9.17, 15) is 19.8 Å². The van der Waals surface area contributed by atoms with E-state index in [0.717, 1.165) is 12.8 Å². The number of ether oxygens (including phenoxy) is 2. The first-order valence-corrected chi connectivity index (χ1v) is 14.4. The third-order valence-corrected chi connectivity index (χ3v) is 7.05. The van der Waals surface area contributed by atoms with E-state index in [-0.39, 0.29) is 22.6 Å². The molecule has 3 N–H and O–H groups in total. The average Bonchev–Trinajstić information content (AvgIpc) is 2.92. The number of aromatic nitrogens is 1. The summed E-state index contributed by atoms with van der Waals surface area (Å²) >= 11 is 0.677. The van der Waals surface area contributed by atoms with Crippen LogP contribution in [0.4, 0.5) is 0 Å². The topological polar surface area (TPSA) is 126 Å². The Morgan fingerprint density at radius 1 is 0.974 bits per heavy atom. The van der Waals surface area contributed by atoms with E-state index in [2.05, 4.69) is 11.9 Å². The molecule has 0 aliphatic rings. The van der Waals surface area contributed by atoms with Crippen LogP contribution in [0.15, 0.2) is 47.5 Å². The number of aliphatic carboxylic acids is 1. The fourth-order valence-corrected chi connectivity index (χ4v) is 4.77. The van der Waals surface area contributed by atoms with Crippen LogP contribution < -0.4 is 4.74 Å². The molecule has 0 amide bonds. The third kappa shape index (κ3) is 12.2. The number of aliphatic hydroxyl groups is 2. The lowest BCUT2D eigenvalue weighted by Crippen LogP contribution is -2.21. The first-order chi connectivity index (χ1) is 18.8. The van der Waals surface area contributed by atoms with Crippen molar-refractivity contribution in [1.82, 2.24) is 4.98 Å². The zero-order valence-electron chi connectivity index (χ0n) is 22.9. The number of carboxylic acids is 1. The molecule has 1 aromatic carbocycles. The number of thioether (sulfide) groups is 1. The highest BCUT2D eigenvalue weighted by Crippen LogP contribution is 2.37. The summed E-state index contributed by atoms with van der Waals surface area (Å²) in [5.41, 5.74) is 0.665. The number of nitrogens with zero attached hydrogens (tertiary/aromatic N) is 1. The van der Waals surface area contributed by atoms with Crippen molar-refractivity contribution in [3.63, 3.8) is 0 Å². The smallest absolute Gasteiger partial charge is 0.337 e. The normalized spacial score (nSPS) is 11.6. The van der Waals surface area contributed by atoms with Crippen molar-refractivity contribution >= 4 is 29.8 Å². The molecule has 0 saturated heterocycles. The molecule has 0 fully saturated rings. The molecule has 2 rings (SSSR count). The van der Waals surface area contributed by atoms with Crippen LogP contribution in [0.5, 0.6) is 5.75 Å². The Hall–Kier alpha value is -2.88. The molecule has 0 atom stereocenters. The molecule has 1 heterocycles. The minimum absolute atomic E-state index is 0.0847. The summed E-state index contributed by atoms with van der Waals surface area (Å²) in [6, 6.07) is 9.17. The van der Waals surface area contributed by atoms with Crippen LogP contribution in [0.3, 0.4) is 0 Å². The number of carboxylic acid groups (broad SMARTS) is 1. The fraction of sp³-hybridized carbons (Fsp3) is 0.500. The Labute approximate surface area is 235 Å². The van der Waals surface area contributed by atoms with Crippen LogP contribution in [-0.2, 0) is 14.7 Å². The van der Waals surface area contributed by atoms with Gasteiger partial charge in [0.2, 0.25) is 5.12 Å². The monoisotopic (exact) mass is 559 g/mol. The van der Waals surface area contributed by atoms with Crippen molar-refractivity contribution in [3.8, 4) is 5.75 Å². The van der Waals surface area contributed by atoms with Gasteiger partial charge in [0.25, 0.3) is 0 Å². The van der Waals surface area contributed by atoms with E-state index in [1.807, 2.05) is 0 Å². The maximum absolute atomic E-state index is 11.8. The summed E-state index contributed by atoms with van der Waals surface area (Å²) in [5.74, 6) is -1.07. The first-order valence-electron chi connectivity index (χ1n) is 13.6. The molecule has 0 spiro atoms. The minimum Gasteiger partial charge on any atom is -0.491 e. The Morgan fingerprint density at radius 3 is 2.28 bits per heavy atom. The number of rotatable bonds is 19. The van der Waals surface area contributed by atoms with Crippen molar-refractivity contribution in [2.45, 2.75) is 87.7 Å². The molecule has 8 nitrogen and oxygen atoms in total. The van der Waals surface area contributed by atoms with Gasteiger partial charge in [-0.25, -0.2) is 9.78 Å². The number of hydrogen-bond acceptors (Lipinski definition) is 8. The van der Waals surface area contributed by atoms with Gasteiger partial charge in [0, 0.05) is 5.56 Å². The van der Waals surface area contributed by atoms with Crippen molar-refractivity contribution in [3.05, 3.63) is 59.3 Å². The van der Waals surface area contributed by atoms with Crippen molar-refractivity contribution < 1.29 is 34.4 Å². The number of hydrogen-bond donors (Lipinski definition) is 3. The van der Waals surface area contributed by atoms with Gasteiger partial charge in [-0.3, -0.25) is 4.79 Å². The number of methoxy groups -OCH3 is 1. The molecule has 0 unspecified atom stereocenters. The number of pyridine rings is 1. The standard InChI is InChI=1S/C30H41NO7S/c1-3-4-5-6-7-8-9-10-11-12-21-38-26-19-20-27(31-25(26)17-14-18-28(32)33)39-30(35,36)24-16-13-15-23(22-24)29(34)37-2/h13-17,19-20,22,35-36H,3-12,18,21H2,1-2H3,(H,32,33). The maximum Gasteiger partial charge on any atom is 0.337 e. The van der Waals surface area contributed by atoms with Crippen molar-refractivity contribution in [1.29, 1.82) is 0 Å². The van der Waals surface area contributed by atoms with Gasteiger partial charge in [0.1, 0.15) is 16.5 Å². The van der Waals surface area contributed by atoms with Gasteiger partial charge in [0.15, 0.2) is 0 Å². The van der Waals surface area contributed by atoms with Crippen LogP contribution >= 0.6 is 11.8 Å². The number of carbonyl (C=O) groups excluding carboxylic acids is 1. The minimum atomic E-state index is -2.38. The highest BCUT2D eigenvalue weighted by atomic mass is 32.2. The molecular weight excluding hydrogens is 518 g/mol. The number of benzene rings is 1. The van der Waals surface area contributed by atoms with E-state index in [1.54, 1.807) is 18.2 Å². The second-order valence-electron chi connectivity index (χ2n) is 9.35. The number of esters is 1. The molecule has 214 valence electrons. The zero-order valence-corrected chi connectivity index (χ0v) is 23.8. The van der Waals surface area contributed by atoms with E-state index in [4.69, 9.17) is 14.6 Å². The molecule has 9 heteroatoms. The summed E-state index contributed by atoms with van der Waals surface area (Å²) in [6.07, 6.45) is 15.0. The quantitative estimate of drug-likeness (QED) is 0.0760. The van der Waals surface area contributed by atoms with Gasteiger partial charge in [0.05, 0.1) is 25.7 Å². The van der Waals surface area contributed by atoms with Crippen molar-refractivity contribution in [2.24, 2.45) is 0 Å². The predicted molar refractivity (Wildman–Crippen MR) is 153 cm³/mol. The Kier molecular flexibility index (Phi) is 14.6. The molecule has 0 radical (unpaired) electrons. The highest BCUT2D eigenvalue weighted by Gasteiger charge is 2.29. The maximum atomic E-state index is 11.8. The highest BCUT2D eigenvalue weighted by molar-refractivity contribution is 7.99. The molecule has 39 heavy (non-hydrogen) atoms. The van der Waals surface area contributed by atoms with E-state index in [1.165, 1.54) is 88.8 Å². The molecule has 0 aliphatic heterocycles. The SMILES string of the molecule is CCCCCCCCCCCCOc1ccc(SC(O)(O)c2cccc(C(=O)OC)c2)nc1C=CCC(=O)O. The summed E-state index contributed by atoms with van der Waals surface area (Å²) in [6.45, 7) is 2.74. The fourth-order valence-electron chi connectivity index (χ4n) is 3.96. The summed E-state index contributed by atoms with van der Waals surface area (Å²) in [4.78, 5) is 27.3. The Balaban J connectivity index is 1.99. The van der Waals surface area contributed by atoms with E-state index < -0.39 is 17.1 Å². The molecule has 1 aromatic heterocycles. The van der Waals surface area contributed by atoms with Crippen LogP contribution in [0.2, 0.25) is 0 Å². The van der Waals surface area contributed by atoms with Gasteiger partial charge in [-0.1, -0.05) is 82.9 Å². The van der Waals surface area contributed by atoms with Gasteiger partial charge in [-0.2, -0.15) is 0 Å². The lowest BCUT2D eigenvalue weighted by Gasteiger charge is -2.21. The first kappa shape index (κ1) is 32.3. The van der Waals surface area contributed by atoms with E-state index in [0.29, 0.717) is 29.8 Å². The molecule has 0 bridgehead atoms. The van der Waals surface area contributed by atoms with E-state index >= 15 is 0 Å². The third-order valence-electron chi connectivity index (χ3n) is 6.09. The van der Waals surface area contributed by atoms with Gasteiger partial charge < -0.3 is 24.8 Å². The zero-order chi connectivity index (χ0) is 28.5. The Morgan fingerprint density at radius 2 is 1.64 bits per heavy atom. The average molecular weight is 560 g/mol. The molecule has 0 aliphatic carbocycles. The van der Waals surface area contributed by atoms with Crippen LogP contribution in [0, 0.1) is 0 Å². The van der Waals surface area contributed by atoms with Gasteiger partial charge in [-0.05, 0) is 48.5 Å². The summed E-state index contributed by atoms with van der Waals surface area (Å²) < 4.78 is 10.6. The molecule has 2 aromatic rings. The summed E-state index contributed by atoms with van der Waals surface area (Å²) in [7, 11) is 1.25. The predicted octanol–water partition coefficient (Wildman–Crippen LogP) is 6.54. The largest absolute Gasteiger partial charge is 0.491 e.